The third-order valence-electron chi connectivity index (χ3n) is 7.63. The van der Waals surface area contributed by atoms with Gasteiger partial charge >= 0.3 is 0 Å². The van der Waals surface area contributed by atoms with Crippen molar-refractivity contribution in [2.24, 2.45) is 5.92 Å². The normalized spacial score (nSPS) is 23.3. The maximum atomic E-state index is 13.5. The Labute approximate surface area is 207 Å². The monoisotopic (exact) mass is 474 g/mol. The van der Waals surface area contributed by atoms with Crippen molar-refractivity contribution in [3.8, 4) is 0 Å². The third-order valence-corrected chi connectivity index (χ3v) is 7.63. The van der Waals surface area contributed by atoms with E-state index in [9.17, 15) is 14.4 Å². The predicted molar refractivity (Wildman–Crippen MR) is 136 cm³/mol. The van der Waals surface area contributed by atoms with E-state index < -0.39 is 0 Å². The van der Waals surface area contributed by atoms with Crippen molar-refractivity contribution in [2.75, 3.05) is 44.7 Å². The highest BCUT2D eigenvalue weighted by molar-refractivity contribution is 6.08. The largest absolute Gasteiger partial charge is 0.355 e. The zero-order chi connectivity index (χ0) is 24.7. The topological polar surface area (TPSA) is 73.0 Å². The van der Waals surface area contributed by atoms with Crippen molar-refractivity contribution in [1.29, 1.82) is 0 Å². The number of nitrogens with zero attached hydrogens (tertiary/aromatic N) is 3. The Morgan fingerprint density at radius 2 is 1.77 bits per heavy atom. The summed E-state index contributed by atoms with van der Waals surface area (Å²) >= 11 is 0. The van der Waals surface area contributed by atoms with Gasteiger partial charge in [-0.3, -0.25) is 19.3 Å². The standard InChI is InChI=1S/C28H34N4O3/c1-18-15-21(20-6-7-20)16-19(2)26(18)30-11-13-31(14-12-30)28(35)23-9-8-22(17-24(23)27(34)29-3)32-10-4-5-25(32)33/h8-9,15-17,20,26H,1,4-7,10-14H2,2-3H3,(H,29,34). The van der Waals surface area contributed by atoms with Crippen LogP contribution in [0.25, 0.3) is 0 Å². The van der Waals surface area contributed by atoms with E-state index in [2.05, 4.69) is 35.9 Å². The summed E-state index contributed by atoms with van der Waals surface area (Å²) in [4.78, 5) is 44.3. The van der Waals surface area contributed by atoms with Crippen molar-refractivity contribution in [3.05, 3.63) is 64.8 Å². The van der Waals surface area contributed by atoms with Crippen LogP contribution in [0.5, 0.6) is 0 Å². The molecule has 1 aromatic carbocycles. The van der Waals surface area contributed by atoms with Crippen LogP contribution in [0, 0.1) is 5.92 Å². The van der Waals surface area contributed by atoms with Gasteiger partial charge in [0, 0.05) is 51.9 Å². The molecular weight excluding hydrogens is 440 g/mol. The minimum absolute atomic E-state index is 0.0517. The molecular formula is C28H34N4O3. The molecule has 0 aromatic heterocycles. The fraction of sp³-hybridized carbons (Fsp3) is 0.464. The Morgan fingerprint density at radius 1 is 1.03 bits per heavy atom. The van der Waals surface area contributed by atoms with Gasteiger partial charge in [0.1, 0.15) is 0 Å². The predicted octanol–water partition coefficient (Wildman–Crippen LogP) is 3.15. The van der Waals surface area contributed by atoms with Crippen LogP contribution in [-0.4, -0.2) is 73.3 Å². The van der Waals surface area contributed by atoms with Gasteiger partial charge in [0.2, 0.25) is 5.91 Å². The van der Waals surface area contributed by atoms with Crippen LogP contribution in [0.4, 0.5) is 5.69 Å². The fourth-order valence-electron chi connectivity index (χ4n) is 5.63. The SMILES string of the molecule is C=C1C=C(C2CC2)C=C(C)C1N1CCN(C(=O)c2ccc(N3CCCC3=O)cc2C(=O)NC)CC1. The molecule has 2 aliphatic carbocycles. The van der Waals surface area contributed by atoms with E-state index in [0.717, 1.165) is 25.1 Å². The molecule has 2 heterocycles. The van der Waals surface area contributed by atoms with Crippen molar-refractivity contribution >= 4 is 23.4 Å². The Kier molecular flexibility index (Phi) is 6.36. The number of benzene rings is 1. The Balaban J connectivity index is 1.29. The van der Waals surface area contributed by atoms with Gasteiger partial charge in [-0.15, -0.1) is 0 Å². The molecule has 1 atom stereocenters. The van der Waals surface area contributed by atoms with Gasteiger partial charge in [-0.25, -0.2) is 0 Å². The number of allylic oxidation sites excluding steroid dienone is 2. The minimum Gasteiger partial charge on any atom is -0.355 e. The highest BCUT2D eigenvalue weighted by Crippen LogP contribution is 2.41. The highest BCUT2D eigenvalue weighted by Gasteiger charge is 2.34. The molecule has 2 saturated heterocycles. The molecule has 7 nitrogen and oxygen atoms in total. The molecule has 2 aliphatic heterocycles. The Hall–Kier alpha value is -3.19. The molecule has 0 radical (unpaired) electrons. The summed E-state index contributed by atoms with van der Waals surface area (Å²) in [6, 6.07) is 5.34. The van der Waals surface area contributed by atoms with Gasteiger partial charge in [-0.05, 0) is 61.4 Å². The molecule has 184 valence electrons. The van der Waals surface area contributed by atoms with E-state index in [4.69, 9.17) is 0 Å². The van der Waals surface area contributed by atoms with Crippen molar-refractivity contribution in [1.82, 2.24) is 15.1 Å². The van der Waals surface area contributed by atoms with Crippen LogP contribution < -0.4 is 10.2 Å². The average Bonchev–Trinajstić information content (AvgIpc) is 3.63. The van der Waals surface area contributed by atoms with Gasteiger partial charge in [0.25, 0.3) is 11.8 Å². The number of piperazine rings is 1. The zero-order valence-corrected chi connectivity index (χ0v) is 20.7. The van der Waals surface area contributed by atoms with Crippen LogP contribution in [0.3, 0.4) is 0 Å². The molecule has 3 fully saturated rings. The fourth-order valence-corrected chi connectivity index (χ4v) is 5.63. The number of carbonyl (C=O) groups excluding carboxylic acids is 3. The molecule has 4 aliphatic rings. The first kappa shape index (κ1) is 23.5. The van der Waals surface area contributed by atoms with E-state index >= 15 is 0 Å². The Bertz CT molecular complexity index is 1140. The zero-order valence-electron chi connectivity index (χ0n) is 20.7. The molecule has 7 heteroatoms. The molecule has 1 aromatic rings. The number of amides is 3. The summed E-state index contributed by atoms with van der Waals surface area (Å²) in [6.45, 7) is 9.87. The summed E-state index contributed by atoms with van der Waals surface area (Å²) in [5.41, 5.74) is 5.24. The molecule has 1 unspecified atom stereocenters. The first-order chi connectivity index (χ1) is 16.9. The second kappa shape index (κ2) is 9.46. The van der Waals surface area contributed by atoms with E-state index in [1.54, 1.807) is 30.1 Å². The lowest BCUT2D eigenvalue weighted by Crippen LogP contribution is -2.53. The molecule has 1 saturated carbocycles. The maximum absolute atomic E-state index is 13.5. The number of nitrogens with one attached hydrogen (secondary N) is 1. The third kappa shape index (κ3) is 4.57. The number of anilines is 1. The smallest absolute Gasteiger partial charge is 0.254 e. The van der Waals surface area contributed by atoms with E-state index in [1.807, 2.05) is 4.90 Å². The summed E-state index contributed by atoms with van der Waals surface area (Å²) in [5, 5.41) is 2.64. The van der Waals surface area contributed by atoms with Crippen LogP contribution in [0.2, 0.25) is 0 Å². The number of hydrogen-bond acceptors (Lipinski definition) is 4. The van der Waals surface area contributed by atoms with E-state index in [1.165, 1.54) is 24.0 Å². The van der Waals surface area contributed by atoms with Gasteiger partial charge in [-0.1, -0.05) is 24.3 Å². The summed E-state index contributed by atoms with van der Waals surface area (Å²) < 4.78 is 0. The van der Waals surface area contributed by atoms with Crippen LogP contribution >= 0.6 is 0 Å². The number of hydrogen-bond donors (Lipinski definition) is 1. The number of carbonyl (C=O) groups is 3. The quantitative estimate of drug-likeness (QED) is 0.712. The lowest BCUT2D eigenvalue weighted by Gasteiger charge is -2.41. The van der Waals surface area contributed by atoms with Gasteiger partial charge < -0.3 is 15.1 Å². The van der Waals surface area contributed by atoms with Gasteiger partial charge in [-0.2, -0.15) is 0 Å². The first-order valence-corrected chi connectivity index (χ1v) is 12.7. The second-order valence-electron chi connectivity index (χ2n) is 10.1. The Morgan fingerprint density at radius 3 is 2.37 bits per heavy atom. The van der Waals surface area contributed by atoms with Crippen molar-refractivity contribution in [3.63, 3.8) is 0 Å². The van der Waals surface area contributed by atoms with Gasteiger partial charge in [0.15, 0.2) is 0 Å². The lowest BCUT2D eigenvalue weighted by atomic mass is 9.88. The molecule has 0 bridgehead atoms. The number of rotatable bonds is 5. The summed E-state index contributed by atoms with van der Waals surface area (Å²) in [7, 11) is 1.55. The highest BCUT2D eigenvalue weighted by atomic mass is 16.2. The summed E-state index contributed by atoms with van der Waals surface area (Å²) in [6.07, 6.45) is 8.47. The molecule has 35 heavy (non-hydrogen) atoms. The van der Waals surface area contributed by atoms with Crippen LogP contribution in [0.1, 0.15) is 53.3 Å². The molecule has 3 amide bonds. The first-order valence-electron chi connectivity index (χ1n) is 12.7. The lowest BCUT2D eigenvalue weighted by molar-refractivity contribution is -0.117. The molecule has 1 N–H and O–H groups in total. The van der Waals surface area contributed by atoms with Crippen LogP contribution in [-0.2, 0) is 4.79 Å². The molecule has 5 rings (SSSR count). The summed E-state index contributed by atoms with van der Waals surface area (Å²) in [5.74, 6) is 0.295. The van der Waals surface area contributed by atoms with Gasteiger partial charge in [0.05, 0.1) is 17.2 Å². The average molecular weight is 475 g/mol. The van der Waals surface area contributed by atoms with Crippen LogP contribution in [0.15, 0.2) is 53.6 Å². The minimum atomic E-state index is -0.321. The van der Waals surface area contributed by atoms with E-state index in [-0.39, 0.29) is 23.8 Å². The maximum Gasteiger partial charge on any atom is 0.254 e. The molecule has 0 spiro atoms. The van der Waals surface area contributed by atoms with E-state index in [0.29, 0.717) is 48.8 Å². The van der Waals surface area contributed by atoms with Crippen molar-refractivity contribution in [2.45, 2.75) is 38.6 Å². The second-order valence-corrected chi connectivity index (χ2v) is 10.1. The van der Waals surface area contributed by atoms with Crippen molar-refractivity contribution < 1.29 is 14.4 Å².